The molecule has 1 aliphatic rings. The van der Waals surface area contributed by atoms with Crippen LogP contribution in [-0.2, 0) is 4.79 Å². The first-order valence-corrected chi connectivity index (χ1v) is 6.93. The van der Waals surface area contributed by atoms with Crippen LogP contribution in [0.15, 0.2) is 0 Å². The summed E-state index contributed by atoms with van der Waals surface area (Å²) in [5, 5.41) is 6.05. The lowest BCUT2D eigenvalue weighted by Crippen LogP contribution is -2.51. The van der Waals surface area contributed by atoms with Crippen LogP contribution in [0.3, 0.4) is 0 Å². The van der Waals surface area contributed by atoms with Crippen molar-refractivity contribution in [2.45, 2.75) is 58.4 Å². The minimum atomic E-state index is -0.457. The fraction of sp³-hybridized carbons (Fsp3) is 0.929. The Bertz CT molecular complexity index is 243. The molecule has 1 amide bonds. The number of rotatable bonds is 5. The molecule has 0 aromatic rings. The third kappa shape index (κ3) is 4.66. The normalized spacial score (nSPS) is 25.6. The second-order valence-corrected chi connectivity index (χ2v) is 6.05. The Hall–Kier alpha value is -0.570. The minimum Gasteiger partial charge on any atom is -0.355 e. The van der Waals surface area contributed by atoms with E-state index in [4.69, 9.17) is 0 Å². The number of amides is 1. The standard InChI is InChI=1S/C14H28N2O/c1-11-5-7-12(8-6-11)9-10-16-13(17)14(2,3)15-4/h11-12,15H,5-10H2,1-4H3,(H,16,17). The van der Waals surface area contributed by atoms with Crippen LogP contribution in [0.1, 0.15) is 52.9 Å². The van der Waals surface area contributed by atoms with Gasteiger partial charge in [-0.1, -0.05) is 32.6 Å². The second-order valence-electron chi connectivity index (χ2n) is 6.05. The summed E-state index contributed by atoms with van der Waals surface area (Å²) in [6.45, 7) is 6.98. The highest BCUT2D eigenvalue weighted by Crippen LogP contribution is 2.29. The molecular weight excluding hydrogens is 212 g/mol. The summed E-state index contributed by atoms with van der Waals surface area (Å²) in [7, 11) is 1.82. The van der Waals surface area contributed by atoms with Crippen molar-refractivity contribution >= 4 is 5.91 Å². The highest BCUT2D eigenvalue weighted by atomic mass is 16.2. The van der Waals surface area contributed by atoms with Crippen molar-refractivity contribution in [3.63, 3.8) is 0 Å². The molecule has 0 radical (unpaired) electrons. The van der Waals surface area contributed by atoms with Crippen LogP contribution in [0.2, 0.25) is 0 Å². The SMILES string of the molecule is CNC(C)(C)C(=O)NCCC1CCC(C)CC1. The van der Waals surface area contributed by atoms with Crippen molar-refractivity contribution in [2.75, 3.05) is 13.6 Å². The third-order valence-electron chi connectivity index (χ3n) is 4.17. The Morgan fingerprint density at radius 1 is 1.24 bits per heavy atom. The summed E-state index contributed by atoms with van der Waals surface area (Å²) in [6.07, 6.45) is 6.54. The van der Waals surface area contributed by atoms with E-state index >= 15 is 0 Å². The lowest BCUT2D eigenvalue weighted by atomic mass is 9.81. The average molecular weight is 240 g/mol. The summed E-state index contributed by atoms with van der Waals surface area (Å²) in [5.74, 6) is 1.83. The van der Waals surface area contributed by atoms with Crippen LogP contribution >= 0.6 is 0 Å². The molecule has 3 heteroatoms. The highest BCUT2D eigenvalue weighted by Gasteiger charge is 2.25. The first-order chi connectivity index (χ1) is 7.95. The van der Waals surface area contributed by atoms with Gasteiger partial charge >= 0.3 is 0 Å². The van der Waals surface area contributed by atoms with Crippen molar-refractivity contribution in [1.82, 2.24) is 10.6 Å². The summed E-state index contributed by atoms with van der Waals surface area (Å²) in [5.41, 5.74) is -0.457. The third-order valence-corrected chi connectivity index (χ3v) is 4.17. The van der Waals surface area contributed by atoms with Crippen molar-refractivity contribution < 1.29 is 4.79 Å². The molecule has 1 aliphatic carbocycles. The Morgan fingerprint density at radius 3 is 2.35 bits per heavy atom. The van der Waals surface area contributed by atoms with Gasteiger partial charge in [-0.25, -0.2) is 0 Å². The zero-order valence-electron chi connectivity index (χ0n) is 11.8. The van der Waals surface area contributed by atoms with Gasteiger partial charge in [-0.05, 0) is 39.2 Å². The molecule has 1 saturated carbocycles. The molecule has 100 valence electrons. The maximum absolute atomic E-state index is 11.8. The maximum Gasteiger partial charge on any atom is 0.239 e. The first-order valence-electron chi connectivity index (χ1n) is 6.93. The smallest absolute Gasteiger partial charge is 0.239 e. The van der Waals surface area contributed by atoms with Crippen LogP contribution in [0, 0.1) is 11.8 Å². The number of hydrogen-bond donors (Lipinski definition) is 2. The molecular formula is C14H28N2O. The van der Waals surface area contributed by atoms with Gasteiger partial charge < -0.3 is 10.6 Å². The quantitative estimate of drug-likeness (QED) is 0.774. The van der Waals surface area contributed by atoms with Crippen molar-refractivity contribution in [2.24, 2.45) is 11.8 Å². The predicted octanol–water partition coefficient (Wildman–Crippen LogP) is 2.32. The fourth-order valence-electron chi connectivity index (χ4n) is 2.34. The number of carbonyl (C=O) groups is 1. The lowest BCUT2D eigenvalue weighted by molar-refractivity contribution is -0.126. The maximum atomic E-state index is 11.8. The zero-order chi connectivity index (χ0) is 12.9. The number of nitrogens with one attached hydrogen (secondary N) is 2. The van der Waals surface area contributed by atoms with Crippen molar-refractivity contribution in [1.29, 1.82) is 0 Å². The van der Waals surface area contributed by atoms with E-state index in [-0.39, 0.29) is 5.91 Å². The molecule has 0 atom stereocenters. The van der Waals surface area contributed by atoms with E-state index in [1.54, 1.807) is 0 Å². The Labute approximate surface area is 106 Å². The van der Waals surface area contributed by atoms with Gasteiger partial charge in [0.15, 0.2) is 0 Å². The van der Waals surface area contributed by atoms with Crippen LogP contribution < -0.4 is 10.6 Å². The molecule has 0 aromatic carbocycles. The van der Waals surface area contributed by atoms with Gasteiger partial charge in [0.2, 0.25) is 5.91 Å². The van der Waals surface area contributed by atoms with Crippen molar-refractivity contribution in [3.05, 3.63) is 0 Å². The lowest BCUT2D eigenvalue weighted by Gasteiger charge is -2.27. The van der Waals surface area contributed by atoms with E-state index in [1.165, 1.54) is 25.7 Å². The van der Waals surface area contributed by atoms with E-state index < -0.39 is 5.54 Å². The Morgan fingerprint density at radius 2 is 1.82 bits per heavy atom. The highest BCUT2D eigenvalue weighted by molar-refractivity contribution is 5.85. The van der Waals surface area contributed by atoms with Gasteiger partial charge in [-0.15, -0.1) is 0 Å². The molecule has 1 rings (SSSR count). The number of hydrogen-bond acceptors (Lipinski definition) is 2. The van der Waals surface area contributed by atoms with Crippen LogP contribution in [0.5, 0.6) is 0 Å². The molecule has 0 heterocycles. The van der Waals surface area contributed by atoms with Crippen LogP contribution in [0.25, 0.3) is 0 Å². The van der Waals surface area contributed by atoms with Gasteiger partial charge in [0.05, 0.1) is 5.54 Å². The zero-order valence-corrected chi connectivity index (χ0v) is 11.8. The molecule has 1 fully saturated rings. The minimum absolute atomic E-state index is 0.101. The molecule has 2 N–H and O–H groups in total. The van der Waals surface area contributed by atoms with Gasteiger partial charge in [0.1, 0.15) is 0 Å². The molecule has 0 spiro atoms. The molecule has 3 nitrogen and oxygen atoms in total. The van der Waals surface area contributed by atoms with Gasteiger partial charge in [0.25, 0.3) is 0 Å². The van der Waals surface area contributed by atoms with Gasteiger partial charge in [-0.3, -0.25) is 4.79 Å². The monoisotopic (exact) mass is 240 g/mol. The second kappa shape index (κ2) is 6.39. The van der Waals surface area contributed by atoms with E-state index in [0.29, 0.717) is 0 Å². The van der Waals surface area contributed by atoms with E-state index in [9.17, 15) is 4.79 Å². The number of likely N-dealkylation sites (N-methyl/N-ethyl adjacent to an activating group) is 1. The summed E-state index contributed by atoms with van der Waals surface area (Å²) in [6, 6.07) is 0. The first kappa shape index (κ1) is 14.5. The molecule has 0 bridgehead atoms. The van der Waals surface area contributed by atoms with Gasteiger partial charge in [-0.2, -0.15) is 0 Å². The molecule has 0 saturated heterocycles. The predicted molar refractivity (Wildman–Crippen MR) is 71.9 cm³/mol. The van der Waals surface area contributed by atoms with E-state index in [0.717, 1.165) is 24.8 Å². The summed E-state index contributed by atoms with van der Waals surface area (Å²) >= 11 is 0. The topological polar surface area (TPSA) is 41.1 Å². The summed E-state index contributed by atoms with van der Waals surface area (Å²) in [4.78, 5) is 11.8. The van der Waals surface area contributed by atoms with E-state index in [1.807, 2.05) is 20.9 Å². The van der Waals surface area contributed by atoms with Crippen molar-refractivity contribution in [3.8, 4) is 0 Å². The van der Waals surface area contributed by atoms with Gasteiger partial charge in [0, 0.05) is 6.54 Å². The van der Waals surface area contributed by atoms with Crippen LogP contribution in [-0.4, -0.2) is 25.0 Å². The molecule has 0 aliphatic heterocycles. The fourth-order valence-corrected chi connectivity index (χ4v) is 2.34. The molecule has 0 unspecified atom stereocenters. The molecule has 17 heavy (non-hydrogen) atoms. The molecule has 0 aromatic heterocycles. The Kier molecular flexibility index (Phi) is 5.44. The van der Waals surface area contributed by atoms with Crippen LogP contribution in [0.4, 0.5) is 0 Å². The largest absolute Gasteiger partial charge is 0.355 e. The number of carbonyl (C=O) groups excluding carboxylic acids is 1. The summed E-state index contributed by atoms with van der Waals surface area (Å²) < 4.78 is 0. The average Bonchev–Trinajstić information content (AvgIpc) is 2.31. The Balaban J connectivity index is 2.18. The van der Waals surface area contributed by atoms with E-state index in [2.05, 4.69) is 17.6 Å².